The van der Waals surface area contributed by atoms with Crippen molar-refractivity contribution < 1.29 is 9.53 Å². The van der Waals surface area contributed by atoms with E-state index in [-0.39, 0.29) is 5.41 Å². The van der Waals surface area contributed by atoms with E-state index in [1.54, 1.807) is 0 Å². The van der Waals surface area contributed by atoms with Gasteiger partial charge in [0.05, 0.1) is 0 Å². The summed E-state index contributed by atoms with van der Waals surface area (Å²) in [6.45, 7) is 6.75. The van der Waals surface area contributed by atoms with E-state index in [1.165, 1.54) is 32.1 Å². The van der Waals surface area contributed by atoms with Gasteiger partial charge in [-0.3, -0.25) is 4.79 Å². The van der Waals surface area contributed by atoms with Crippen LogP contribution < -0.4 is 0 Å². The first kappa shape index (κ1) is 16.1. The van der Waals surface area contributed by atoms with Crippen molar-refractivity contribution in [1.82, 2.24) is 0 Å². The Kier molecular flexibility index (Phi) is 3.93. The van der Waals surface area contributed by atoms with Crippen molar-refractivity contribution in [2.24, 2.45) is 34.5 Å². The highest BCUT2D eigenvalue weighted by Crippen LogP contribution is 2.66. The Morgan fingerprint density at radius 3 is 2.78 bits per heavy atom. The molecule has 1 saturated heterocycles. The predicted molar refractivity (Wildman–Crippen MR) is 92.3 cm³/mol. The maximum atomic E-state index is 11.4. The minimum absolute atomic E-state index is 0.0589. The Labute approximate surface area is 145 Å². The summed E-state index contributed by atoms with van der Waals surface area (Å²) in [6, 6.07) is 0. The van der Waals surface area contributed by atoms with Crippen molar-refractivity contribution in [3.8, 4) is 0 Å². The molecule has 1 aliphatic heterocycles. The molecule has 0 spiro atoms. The van der Waals surface area contributed by atoms with Crippen LogP contribution >= 0.6 is 11.6 Å². The lowest BCUT2D eigenvalue weighted by Gasteiger charge is -2.58. The molecule has 1 heterocycles. The topological polar surface area (TPSA) is 26.3 Å². The Morgan fingerprint density at radius 1 is 1.17 bits per heavy atom. The van der Waals surface area contributed by atoms with Crippen LogP contribution in [0.15, 0.2) is 10.6 Å². The number of fused-ring (bicyclic) bond motifs is 5. The Morgan fingerprint density at radius 2 is 2.00 bits per heavy atom. The highest BCUT2D eigenvalue weighted by molar-refractivity contribution is 6.32. The van der Waals surface area contributed by atoms with Crippen LogP contribution in [0, 0.1) is 34.5 Å². The number of rotatable bonds is 1. The normalized spacial score (nSPS) is 49.9. The van der Waals surface area contributed by atoms with Crippen LogP contribution in [0.5, 0.6) is 0 Å². The highest BCUT2D eigenvalue weighted by Gasteiger charge is 2.58. The van der Waals surface area contributed by atoms with E-state index in [0.717, 1.165) is 60.7 Å². The number of aldehydes is 1. The molecule has 3 fully saturated rings. The molecule has 3 aliphatic carbocycles. The summed E-state index contributed by atoms with van der Waals surface area (Å²) in [5, 5.41) is 0.882. The molecule has 0 unspecified atom stereocenters. The van der Waals surface area contributed by atoms with Crippen LogP contribution in [0.2, 0.25) is 0 Å². The second kappa shape index (κ2) is 5.59. The molecule has 0 amide bonds. The molecule has 128 valence electrons. The average Bonchev–Trinajstić information content (AvgIpc) is 2.69. The summed E-state index contributed by atoms with van der Waals surface area (Å²) in [4.78, 5) is 11.4. The number of ether oxygens (including phenoxy) is 1. The maximum Gasteiger partial charge on any atom is 0.147 e. The first-order chi connectivity index (χ1) is 11.0. The maximum absolute atomic E-state index is 11.4. The van der Waals surface area contributed by atoms with Crippen LogP contribution in [0.4, 0.5) is 0 Å². The molecule has 0 aromatic rings. The van der Waals surface area contributed by atoms with Crippen molar-refractivity contribution in [2.45, 2.75) is 58.8 Å². The monoisotopic (exact) mass is 336 g/mol. The zero-order valence-corrected chi connectivity index (χ0v) is 15.2. The molecule has 2 saturated carbocycles. The lowest BCUT2D eigenvalue weighted by Crippen LogP contribution is -2.51. The summed E-state index contributed by atoms with van der Waals surface area (Å²) in [5.74, 6) is 2.83. The summed E-state index contributed by atoms with van der Waals surface area (Å²) in [6.07, 6.45) is 9.46. The van der Waals surface area contributed by atoms with E-state index in [1.807, 2.05) is 0 Å². The summed E-state index contributed by atoms with van der Waals surface area (Å²) in [5.41, 5.74) is 1.37. The number of halogens is 1. The predicted octanol–water partition coefficient (Wildman–Crippen LogP) is 4.96. The molecular weight excluding hydrogens is 308 g/mol. The average molecular weight is 337 g/mol. The van der Waals surface area contributed by atoms with Crippen LogP contribution in [0.25, 0.3) is 0 Å². The number of hydrogen-bond acceptors (Lipinski definition) is 2. The first-order valence-corrected chi connectivity index (χ1v) is 9.80. The molecular formula is C20H29ClO2. The number of carbonyl (C=O) groups excluding carboxylic acids is 1. The van der Waals surface area contributed by atoms with Gasteiger partial charge in [0.1, 0.15) is 6.29 Å². The van der Waals surface area contributed by atoms with Gasteiger partial charge >= 0.3 is 0 Å². The van der Waals surface area contributed by atoms with Gasteiger partial charge in [0.2, 0.25) is 0 Å². The lowest BCUT2D eigenvalue weighted by molar-refractivity contribution is -0.105. The van der Waals surface area contributed by atoms with Gasteiger partial charge in [-0.1, -0.05) is 25.4 Å². The van der Waals surface area contributed by atoms with Gasteiger partial charge in [-0.2, -0.15) is 0 Å². The van der Waals surface area contributed by atoms with Crippen LogP contribution in [0.3, 0.4) is 0 Å². The highest BCUT2D eigenvalue weighted by atomic mass is 35.5. The molecule has 0 N–H and O–H groups in total. The minimum atomic E-state index is 0.0589. The van der Waals surface area contributed by atoms with Crippen molar-refractivity contribution in [3.05, 3.63) is 10.6 Å². The third-order valence-electron chi connectivity index (χ3n) is 8.14. The van der Waals surface area contributed by atoms with Crippen molar-refractivity contribution in [1.29, 1.82) is 0 Å². The molecule has 0 radical (unpaired) electrons. The zero-order valence-electron chi connectivity index (χ0n) is 14.4. The molecule has 4 rings (SSSR count). The summed E-state index contributed by atoms with van der Waals surface area (Å²) >= 11 is 6.65. The number of hydrogen-bond donors (Lipinski definition) is 0. The fourth-order valence-corrected chi connectivity index (χ4v) is 7.10. The first-order valence-electron chi connectivity index (χ1n) is 9.43. The fraction of sp³-hybridized carbons (Fsp3) is 0.850. The molecule has 0 bridgehead atoms. The molecule has 4 aliphatic rings. The largest absolute Gasteiger partial charge is 0.381 e. The van der Waals surface area contributed by atoms with Gasteiger partial charge in [0.25, 0.3) is 0 Å². The van der Waals surface area contributed by atoms with E-state index in [4.69, 9.17) is 16.3 Å². The van der Waals surface area contributed by atoms with Gasteiger partial charge in [-0.25, -0.2) is 0 Å². The Balaban J connectivity index is 1.66. The third kappa shape index (κ3) is 2.20. The molecule has 23 heavy (non-hydrogen) atoms. The smallest absolute Gasteiger partial charge is 0.147 e. The second-order valence-electron chi connectivity index (χ2n) is 8.95. The van der Waals surface area contributed by atoms with Gasteiger partial charge in [-0.15, -0.1) is 0 Å². The van der Waals surface area contributed by atoms with Crippen LogP contribution in [-0.2, 0) is 9.53 Å². The Hall–Kier alpha value is -0.340. The van der Waals surface area contributed by atoms with Crippen molar-refractivity contribution in [3.63, 3.8) is 0 Å². The fourth-order valence-electron chi connectivity index (χ4n) is 6.74. The van der Waals surface area contributed by atoms with E-state index < -0.39 is 0 Å². The van der Waals surface area contributed by atoms with Gasteiger partial charge in [0, 0.05) is 29.2 Å². The van der Waals surface area contributed by atoms with E-state index >= 15 is 0 Å². The van der Waals surface area contributed by atoms with E-state index in [9.17, 15) is 4.79 Å². The number of allylic oxidation sites excluding steroid dienone is 2. The molecule has 3 heteroatoms. The van der Waals surface area contributed by atoms with Crippen molar-refractivity contribution >= 4 is 17.9 Å². The quantitative estimate of drug-likeness (QED) is 0.633. The Bertz CT molecular complexity index is 542. The van der Waals surface area contributed by atoms with Crippen LogP contribution in [-0.4, -0.2) is 19.5 Å². The summed E-state index contributed by atoms with van der Waals surface area (Å²) in [7, 11) is 0. The number of carbonyl (C=O) groups is 1. The van der Waals surface area contributed by atoms with E-state index in [2.05, 4.69) is 13.8 Å². The van der Waals surface area contributed by atoms with Gasteiger partial charge < -0.3 is 4.74 Å². The third-order valence-corrected chi connectivity index (χ3v) is 8.82. The van der Waals surface area contributed by atoms with Gasteiger partial charge in [-0.05, 0) is 74.0 Å². The van der Waals surface area contributed by atoms with Crippen LogP contribution in [0.1, 0.15) is 58.8 Å². The molecule has 0 aromatic heterocycles. The standard InChI is InChI=1S/C20H29ClO2/c1-19-7-3-9-23-12-14(19)4-5-15-16(19)6-8-20(2)17(15)10-13(11-22)18(20)21/h11,14-17H,3-10,12H2,1-2H3/t14-,15+,16-,17-,19-,20-/m0/s1. The minimum Gasteiger partial charge on any atom is -0.381 e. The zero-order chi connectivity index (χ0) is 16.2. The molecule has 6 atom stereocenters. The van der Waals surface area contributed by atoms with E-state index in [0.29, 0.717) is 11.3 Å². The molecule has 2 nitrogen and oxygen atoms in total. The lowest BCUT2D eigenvalue weighted by atomic mass is 9.47. The van der Waals surface area contributed by atoms with Crippen molar-refractivity contribution in [2.75, 3.05) is 13.2 Å². The SMILES string of the molecule is C[C@]12CCCOC[C@@H]1CC[C@@H]1[C@@H]2CC[C@]2(C)C(Cl)=C(C=O)C[C@@H]12. The second-order valence-corrected chi connectivity index (χ2v) is 9.33. The van der Waals surface area contributed by atoms with Gasteiger partial charge in [0.15, 0.2) is 0 Å². The molecule has 0 aromatic carbocycles. The summed E-state index contributed by atoms with van der Waals surface area (Å²) < 4.78 is 5.89.